The van der Waals surface area contributed by atoms with Crippen LogP contribution < -0.4 is 11.1 Å². The largest absolute Gasteiger partial charge is 0.423 e. The SMILES string of the molecule is CC(Cc1ccc(F)cc1)Nc1nc2ccc(N)cc2o1. The molecule has 0 aliphatic carbocycles. The van der Waals surface area contributed by atoms with Crippen LogP contribution in [0.5, 0.6) is 0 Å². The normalized spacial score (nSPS) is 12.5. The van der Waals surface area contributed by atoms with Gasteiger partial charge in [-0.05, 0) is 43.2 Å². The first-order valence-corrected chi connectivity index (χ1v) is 6.77. The summed E-state index contributed by atoms with van der Waals surface area (Å²) in [5, 5.41) is 3.20. The Morgan fingerprint density at radius 2 is 2.00 bits per heavy atom. The summed E-state index contributed by atoms with van der Waals surface area (Å²) in [5.74, 6) is -0.226. The lowest BCUT2D eigenvalue weighted by Crippen LogP contribution is -2.18. The summed E-state index contributed by atoms with van der Waals surface area (Å²) in [6, 6.07) is 12.4. The Labute approximate surface area is 121 Å². The van der Waals surface area contributed by atoms with E-state index in [4.69, 9.17) is 10.2 Å². The Morgan fingerprint density at radius 3 is 2.76 bits per heavy atom. The number of oxazole rings is 1. The second-order valence-electron chi connectivity index (χ2n) is 5.12. The maximum absolute atomic E-state index is 12.9. The molecule has 108 valence electrons. The van der Waals surface area contributed by atoms with Crippen molar-refractivity contribution in [3.05, 3.63) is 53.8 Å². The fraction of sp³-hybridized carbons (Fsp3) is 0.188. The smallest absolute Gasteiger partial charge is 0.295 e. The summed E-state index contributed by atoms with van der Waals surface area (Å²) < 4.78 is 18.5. The molecular weight excluding hydrogens is 269 g/mol. The molecule has 0 aliphatic rings. The molecule has 21 heavy (non-hydrogen) atoms. The number of fused-ring (bicyclic) bond motifs is 1. The highest BCUT2D eigenvalue weighted by atomic mass is 19.1. The predicted octanol–water partition coefficient (Wildman–Crippen LogP) is 3.59. The highest BCUT2D eigenvalue weighted by molar-refractivity contribution is 5.78. The van der Waals surface area contributed by atoms with Crippen LogP contribution in [0.1, 0.15) is 12.5 Å². The molecule has 1 atom stereocenters. The van der Waals surface area contributed by atoms with Gasteiger partial charge in [0.1, 0.15) is 11.3 Å². The van der Waals surface area contributed by atoms with E-state index in [0.717, 1.165) is 17.5 Å². The van der Waals surface area contributed by atoms with E-state index in [-0.39, 0.29) is 11.9 Å². The second kappa shape index (κ2) is 5.44. The highest BCUT2D eigenvalue weighted by Crippen LogP contribution is 2.22. The van der Waals surface area contributed by atoms with Gasteiger partial charge in [-0.2, -0.15) is 4.98 Å². The molecule has 3 rings (SSSR count). The molecule has 4 nitrogen and oxygen atoms in total. The van der Waals surface area contributed by atoms with E-state index in [2.05, 4.69) is 10.3 Å². The van der Waals surface area contributed by atoms with Crippen molar-refractivity contribution in [2.75, 3.05) is 11.1 Å². The number of anilines is 2. The zero-order chi connectivity index (χ0) is 14.8. The van der Waals surface area contributed by atoms with Crippen molar-refractivity contribution in [3.8, 4) is 0 Å². The van der Waals surface area contributed by atoms with Gasteiger partial charge in [0.25, 0.3) is 6.01 Å². The van der Waals surface area contributed by atoms with Gasteiger partial charge in [-0.3, -0.25) is 0 Å². The number of nitrogen functional groups attached to an aromatic ring is 1. The third-order valence-corrected chi connectivity index (χ3v) is 3.24. The van der Waals surface area contributed by atoms with Crippen LogP contribution in [0.3, 0.4) is 0 Å². The van der Waals surface area contributed by atoms with Crippen LogP contribution in [-0.2, 0) is 6.42 Å². The summed E-state index contributed by atoms with van der Waals surface area (Å²) in [5.41, 5.74) is 8.83. The maximum atomic E-state index is 12.9. The number of nitrogens with zero attached hydrogens (tertiary/aromatic N) is 1. The van der Waals surface area contributed by atoms with Crippen molar-refractivity contribution < 1.29 is 8.81 Å². The van der Waals surface area contributed by atoms with Crippen LogP contribution in [0, 0.1) is 5.82 Å². The number of halogens is 1. The van der Waals surface area contributed by atoms with Crippen molar-refractivity contribution in [2.45, 2.75) is 19.4 Å². The van der Waals surface area contributed by atoms with Crippen molar-refractivity contribution in [2.24, 2.45) is 0 Å². The number of aromatic nitrogens is 1. The molecule has 0 saturated carbocycles. The first kappa shape index (κ1) is 13.4. The molecule has 1 aromatic heterocycles. The van der Waals surface area contributed by atoms with E-state index < -0.39 is 0 Å². The first-order chi connectivity index (χ1) is 10.1. The molecule has 2 aromatic carbocycles. The van der Waals surface area contributed by atoms with Crippen LogP contribution in [-0.4, -0.2) is 11.0 Å². The average molecular weight is 285 g/mol. The molecule has 0 fully saturated rings. The minimum Gasteiger partial charge on any atom is -0.423 e. The average Bonchev–Trinajstić information content (AvgIpc) is 2.82. The fourth-order valence-corrected chi connectivity index (χ4v) is 2.24. The van der Waals surface area contributed by atoms with Gasteiger partial charge in [0, 0.05) is 17.8 Å². The number of nitrogens with one attached hydrogen (secondary N) is 1. The van der Waals surface area contributed by atoms with Gasteiger partial charge >= 0.3 is 0 Å². The fourth-order valence-electron chi connectivity index (χ4n) is 2.24. The van der Waals surface area contributed by atoms with Crippen LogP contribution in [0.2, 0.25) is 0 Å². The topological polar surface area (TPSA) is 64.1 Å². The van der Waals surface area contributed by atoms with Crippen molar-refractivity contribution in [1.29, 1.82) is 0 Å². The second-order valence-corrected chi connectivity index (χ2v) is 5.12. The number of nitrogens with two attached hydrogens (primary N) is 1. The van der Waals surface area contributed by atoms with Crippen molar-refractivity contribution in [1.82, 2.24) is 4.98 Å². The lowest BCUT2D eigenvalue weighted by Gasteiger charge is -2.11. The number of hydrogen-bond donors (Lipinski definition) is 2. The Balaban J connectivity index is 1.70. The van der Waals surface area contributed by atoms with Gasteiger partial charge in [0.2, 0.25) is 0 Å². The van der Waals surface area contributed by atoms with Gasteiger partial charge in [-0.15, -0.1) is 0 Å². The molecule has 1 unspecified atom stereocenters. The summed E-state index contributed by atoms with van der Waals surface area (Å²) in [4.78, 5) is 4.36. The van der Waals surface area contributed by atoms with Crippen LogP contribution >= 0.6 is 0 Å². The molecule has 0 saturated heterocycles. The lowest BCUT2D eigenvalue weighted by atomic mass is 10.1. The number of hydrogen-bond acceptors (Lipinski definition) is 4. The van der Waals surface area contributed by atoms with Crippen LogP contribution in [0.4, 0.5) is 16.1 Å². The van der Waals surface area contributed by atoms with Gasteiger partial charge in [-0.1, -0.05) is 12.1 Å². The van der Waals surface area contributed by atoms with E-state index >= 15 is 0 Å². The Bertz CT molecular complexity index is 752. The minimum absolute atomic E-state index is 0.112. The van der Waals surface area contributed by atoms with Crippen molar-refractivity contribution in [3.63, 3.8) is 0 Å². The van der Waals surface area contributed by atoms with Gasteiger partial charge in [-0.25, -0.2) is 4.39 Å². The summed E-state index contributed by atoms with van der Waals surface area (Å²) in [6.45, 7) is 2.02. The quantitative estimate of drug-likeness (QED) is 0.719. The van der Waals surface area contributed by atoms with Crippen LogP contribution in [0.25, 0.3) is 11.1 Å². The predicted molar refractivity (Wildman–Crippen MR) is 81.6 cm³/mol. The molecule has 0 amide bonds. The molecular formula is C16H16FN3O. The summed E-state index contributed by atoms with van der Waals surface area (Å²) in [6.07, 6.45) is 0.751. The Morgan fingerprint density at radius 1 is 1.24 bits per heavy atom. The molecule has 0 aliphatic heterocycles. The number of benzene rings is 2. The summed E-state index contributed by atoms with van der Waals surface area (Å²) >= 11 is 0. The van der Waals surface area contributed by atoms with Crippen molar-refractivity contribution >= 4 is 22.8 Å². The number of rotatable bonds is 4. The van der Waals surface area contributed by atoms with Gasteiger partial charge in [0.15, 0.2) is 5.58 Å². The van der Waals surface area contributed by atoms with E-state index in [1.165, 1.54) is 12.1 Å². The van der Waals surface area contributed by atoms with E-state index in [0.29, 0.717) is 17.3 Å². The zero-order valence-corrected chi connectivity index (χ0v) is 11.6. The zero-order valence-electron chi connectivity index (χ0n) is 11.6. The van der Waals surface area contributed by atoms with Gasteiger partial charge < -0.3 is 15.5 Å². The molecule has 0 radical (unpaired) electrons. The van der Waals surface area contributed by atoms with Gasteiger partial charge in [0.05, 0.1) is 0 Å². The maximum Gasteiger partial charge on any atom is 0.295 e. The van der Waals surface area contributed by atoms with E-state index in [1.54, 1.807) is 24.3 Å². The molecule has 1 heterocycles. The Kier molecular flexibility index (Phi) is 3.48. The standard InChI is InChI=1S/C16H16FN3O/c1-10(8-11-2-4-12(17)5-3-11)19-16-20-14-7-6-13(18)9-15(14)21-16/h2-7,9-10H,8,18H2,1H3,(H,19,20). The monoisotopic (exact) mass is 285 g/mol. The minimum atomic E-state index is -0.226. The third kappa shape index (κ3) is 3.13. The van der Waals surface area contributed by atoms with E-state index in [9.17, 15) is 4.39 Å². The molecule has 3 N–H and O–H groups in total. The molecule has 0 bridgehead atoms. The Hall–Kier alpha value is -2.56. The third-order valence-electron chi connectivity index (χ3n) is 3.24. The van der Waals surface area contributed by atoms with Crippen LogP contribution in [0.15, 0.2) is 46.9 Å². The lowest BCUT2D eigenvalue weighted by molar-refractivity contribution is 0.598. The molecule has 3 aromatic rings. The van der Waals surface area contributed by atoms with E-state index in [1.807, 2.05) is 13.0 Å². The summed E-state index contributed by atoms with van der Waals surface area (Å²) in [7, 11) is 0. The molecule has 5 heteroatoms. The molecule has 0 spiro atoms. The first-order valence-electron chi connectivity index (χ1n) is 6.77. The highest BCUT2D eigenvalue weighted by Gasteiger charge is 2.10.